The lowest BCUT2D eigenvalue weighted by atomic mass is 10.0. The molecule has 8 heteroatoms. The van der Waals surface area contributed by atoms with Crippen molar-refractivity contribution < 1.29 is 17.9 Å². The Hall–Kier alpha value is -1.48. The van der Waals surface area contributed by atoms with Crippen molar-refractivity contribution in [2.45, 2.75) is 25.8 Å². The Labute approximate surface area is 149 Å². The largest absolute Gasteiger partial charge is 0.384 e. The quantitative estimate of drug-likeness (QED) is 0.702. The smallest absolute Gasteiger partial charge is 0.282 e. The highest BCUT2D eigenvalue weighted by atomic mass is 32.2. The summed E-state index contributed by atoms with van der Waals surface area (Å²) in [6, 6.07) is 9.35. The van der Waals surface area contributed by atoms with E-state index in [0.717, 1.165) is 18.4 Å². The van der Waals surface area contributed by atoms with Crippen LogP contribution in [0.4, 0.5) is 0 Å². The number of methoxy groups -OCH3 is 1. The highest BCUT2D eigenvalue weighted by Crippen LogP contribution is 2.22. The van der Waals surface area contributed by atoms with Crippen molar-refractivity contribution in [2.24, 2.45) is 11.7 Å². The van der Waals surface area contributed by atoms with Crippen molar-refractivity contribution in [1.29, 1.82) is 0 Å². The van der Waals surface area contributed by atoms with Gasteiger partial charge in [0.1, 0.15) is 0 Å². The molecule has 1 unspecified atom stereocenters. The van der Waals surface area contributed by atoms with Crippen molar-refractivity contribution in [3.8, 4) is 0 Å². The van der Waals surface area contributed by atoms with Crippen LogP contribution in [-0.4, -0.2) is 56.3 Å². The molecule has 1 amide bonds. The molecule has 140 valence electrons. The van der Waals surface area contributed by atoms with Crippen LogP contribution >= 0.6 is 0 Å². The first-order valence-corrected chi connectivity index (χ1v) is 9.89. The minimum absolute atomic E-state index is 0.00139. The molecule has 1 saturated heterocycles. The van der Waals surface area contributed by atoms with Gasteiger partial charge in [0.2, 0.25) is 5.91 Å². The maximum atomic E-state index is 13.1. The number of amides is 1. The Morgan fingerprint density at radius 2 is 2.08 bits per heavy atom. The lowest BCUT2D eigenvalue weighted by Gasteiger charge is -2.35. The third kappa shape index (κ3) is 5.78. The minimum Gasteiger partial charge on any atom is -0.384 e. The Kier molecular flexibility index (Phi) is 7.37. The van der Waals surface area contributed by atoms with E-state index in [1.807, 2.05) is 30.3 Å². The molecule has 1 aromatic rings. The van der Waals surface area contributed by atoms with Crippen LogP contribution in [0.2, 0.25) is 0 Å². The zero-order chi connectivity index (χ0) is 18.3. The Morgan fingerprint density at radius 1 is 1.36 bits per heavy atom. The molecule has 2 N–H and O–H groups in total. The van der Waals surface area contributed by atoms with Crippen LogP contribution in [0.3, 0.4) is 0 Å². The summed E-state index contributed by atoms with van der Waals surface area (Å²) in [5.74, 6) is -0.313. The molecule has 1 fully saturated rings. The van der Waals surface area contributed by atoms with E-state index < -0.39 is 16.1 Å². The third-order valence-corrected chi connectivity index (χ3v) is 6.29. The van der Waals surface area contributed by atoms with E-state index >= 15 is 0 Å². The van der Waals surface area contributed by atoms with Gasteiger partial charge in [0.15, 0.2) is 0 Å². The first kappa shape index (κ1) is 19.8. The number of nitrogens with two attached hydrogens (primary N) is 1. The van der Waals surface area contributed by atoms with Gasteiger partial charge in [0, 0.05) is 39.7 Å². The molecule has 0 saturated carbocycles. The maximum absolute atomic E-state index is 13.1. The van der Waals surface area contributed by atoms with Gasteiger partial charge in [-0.3, -0.25) is 4.79 Å². The predicted octanol–water partition coefficient (Wildman–Crippen LogP) is 0.967. The summed E-state index contributed by atoms with van der Waals surface area (Å²) in [6.07, 6.45) is 1.77. The van der Waals surface area contributed by atoms with Crippen LogP contribution in [0, 0.1) is 5.92 Å². The zero-order valence-electron chi connectivity index (χ0n) is 14.6. The molecule has 1 aliphatic heterocycles. The van der Waals surface area contributed by atoms with E-state index in [0.29, 0.717) is 19.7 Å². The molecule has 2 rings (SSSR count). The fraction of sp³-hybridized carbons (Fsp3) is 0.588. The summed E-state index contributed by atoms with van der Waals surface area (Å²) in [6.45, 7) is 1.79. The van der Waals surface area contributed by atoms with Crippen molar-refractivity contribution in [3.05, 3.63) is 35.9 Å². The average molecular weight is 369 g/mol. The standard InChI is InChI=1S/C17H27N3O4S/c1-24-14-16-8-5-10-19(13-16)25(22,23)20(11-9-17(18)21)12-15-6-3-2-4-7-15/h2-4,6-7,16H,5,8-14H2,1H3,(H2,18,21). The summed E-state index contributed by atoms with van der Waals surface area (Å²) in [5.41, 5.74) is 6.10. The maximum Gasteiger partial charge on any atom is 0.282 e. The molecule has 1 aromatic carbocycles. The predicted molar refractivity (Wildman–Crippen MR) is 95.8 cm³/mol. The summed E-state index contributed by atoms with van der Waals surface area (Å²) in [5, 5.41) is 0. The van der Waals surface area contributed by atoms with Gasteiger partial charge in [-0.15, -0.1) is 0 Å². The van der Waals surface area contributed by atoms with Gasteiger partial charge in [0.05, 0.1) is 6.61 Å². The van der Waals surface area contributed by atoms with Crippen molar-refractivity contribution >= 4 is 16.1 Å². The molecule has 0 bridgehead atoms. The van der Waals surface area contributed by atoms with E-state index in [4.69, 9.17) is 10.5 Å². The molecule has 1 aliphatic rings. The van der Waals surface area contributed by atoms with Crippen molar-refractivity contribution in [3.63, 3.8) is 0 Å². The second kappa shape index (κ2) is 9.28. The molecule has 0 radical (unpaired) electrons. The summed E-state index contributed by atoms with van der Waals surface area (Å²) in [7, 11) is -2.04. The number of ether oxygens (including phenoxy) is 1. The molecule has 1 atom stereocenters. The summed E-state index contributed by atoms with van der Waals surface area (Å²) in [4.78, 5) is 11.2. The highest BCUT2D eigenvalue weighted by molar-refractivity contribution is 7.86. The number of benzene rings is 1. The first-order chi connectivity index (χ1) is 11.9. The molecule has 7 nitrogen and oxygen atoms in total. The van der Waals surface area contributed by atoms with Gasteiger partial charge in [-0.05, 0) is 24.3 Å². The van der Waals surface area contributed by atoms with Crippen molar-refractivity contribution in [1.82, 2.24) is 8.61 Å². The van der Waals surface area contributed by atoms with E-state index in [9.17, 15) is 13.2 Å². The van der Waals surface area contributed by atoms with Gasteiger partial charge in [-0.2, -0.15) is 17.0 Å². The average Bonchev–Trinajstić information content (AvgIpc) is 2.60. The third-order valence-electron chi connectivity index (χ3n) is 4.35. The Bertz CT molecular complexity index is 649. The first-order valence-electron chi connectivity index (χ1n) is 8.50. The monoisotopic (exact) mass is 369 g/mol. The van der Waals surface area contributed by atoms with Gasteiger partial charge in [0.25, 0.3) is 10.2 Å². The molecule has 0 aliphatic carbocycles. The SMILES string of the molecule is COCC1CCCN(S(=O)(=O)N(CCC(N)=O)Cc2ccccc2)C1. The van der Waals surface area contributed by atoms with Gasteiger partial charge < -0.3 is 10.5 Å². The Morgan fingerprint density at radius 3 is 2.72 bits per heavy atom. The number of piperidine rings is 1. The number of primary amides is 1. The number of carbonyl (C=O) groups is 1. The lowest BCUT2D eigenvalue weighted by Crippen LogP contribution is -2.49. The number of carbonyl (C=O) groups excluding carboxylic acids is 1. The molecule has 0 spiro atoms. The second-order valence-corrected chi connectivity index (χ2v) is 8.29. The van der Waals surface area contributed by atoms with Crippen molar-refractivity contribution in [2.75, 3.05) is 33.4 Å². The second-order valence-electron chi connectivity index (χ2n) is 6.36. The van der Waals surface area contributed by atoms with Crippen LogP contribution in [0.1, 0.15) is 24.8 Å². The number of rotatable bonds is 9. The summed E-state index contributed by atoms with van der Waals surface area (Å²) >= 11 is 0. The number of hydrogen-bond acceptors (Lipinski definition) is 4. The van der Waals surface area contributed by atoms with Crippen LogP contribution in [0.25, 0.3) is 0 Å². The topological polar surface area (TPSA) is 92.9 Å². The fourth-order valence-corrected chi connectivity index (χ4v) is 4.79. The minimum atomic E-state index is -3.67. The molecule has 0 aromatic heterocycles. The van der Waals surface area contributed by atoms with Crippen LogP contribution in [0.5, 0.6) is 0 Å². The molecule has 1 heterocycles. The highest BCUT2D eigenvalue weighted by Gasteiger charge is 2.33. The van der Waals surface area contributed by atoms with Gasteiger partial charge >= 0.3 is 0 Å². The van der Waals surface area contributed by atoms with Gasteiger partial charge in [-0.1, -0.05) is 30.3 Å². The molecular formula is C17H27N3O4S. The Balaban J connectivity index is 2.16. The number of hydrogen-bond donors (Lipinski definition) is 1. The van der Waals surface area contributed by atoms with Crippen LogP contribution in [0.15, 0.2) is 30.3 Å². The number of nitrogens with zero attached hydrogens (tertiary/aromatic N) is 2. The summed E-state index contributed by atoms with van der Waals surface area (Å²) < 4.78 is 34.3. The zero-order valence-corrected chi connectivity index (χ0v) is 15.5. The van der Waals surface area contributed by atoms with Crippen LogP contribution in [-0.2, 0) is 26.3 Å². The lowest BCUT2D eigenvalue weighted by molar-refractivity contribution is -0.118. The fourth-order valence-electron chi connectivity index (χ4n) is 3.07. The van der Waals surface area contributed by atoms with E-state index in [-0.39, 0.29) is 25.4 Å². The normalized spacial score (nSPS) is 19.2. The van der Waals surface area contributed by atoms with E-state index in [1.54, 1.807) is 7.11 Å². The van der Waals surface area contributed by atoms with E-state index in [2.05, 4.69) is 0 Å². The van der Waals surface area contributed by atoms with E-state index in [1.165, 1.54) is 8.61 Å². The van der Waals surface area contributed by atoms with Crippen LogP contribution < -0.4 is 5.73 Å². The molecule has 25 heavy (non-hydrogen) atoms. The van der Waals surface area contributed by atoms with Gasteiger partial charge in [-0.25, -0.2) is 0 Å². The molecular weight excluding hydrogens is 342 g/mol.